The molecule has 0 spiro atoms. The zero-order chi connectivity index (χ0) is 23.7. The van der Waals surface area contributed by atoms with Crippen molar-refractivity contribution >= 4 is 39.7 Å². The van der Waals surface area contributed by atoms with E-state index in [9.17, 15) is 9.59 Å². The number of amides is 1. The molecule has 0 unspecified atom stereocenters. The van der Waals surface area contributed by atoms with E-state index in [-0.39, 0.29) is 17.9 Å². The van der Waals surface area contributed by atoms with Crippen molar-refractivity contribution in [2.24, 2.45) is 0 Å². The van der Waals surface area contributed by atoms with Crippen LogP contribution in [0.2, 0.25) is 0 Å². The molecule has 0 aliphatic heterocycles. The predicted octanol–water partition coefficient (Wildman–Crippen LogP) is 4.51. The van der Waals surface area contributed by atoms with E-state index in [1.54, 1.807) is 4.57 Å². The Hall–Kier alpha value is -3.89. The van der Waals surface area contributed by atoms with Gasteiger partial charge < -0.3 is 0 Å². The first-order chi connectivity index (χ1) is 16.5. The fourth-order valence-electron chi connectivity index (χ4n) is 3.78. The maximum atomic E-state index is 13.2. The second kappa shape index (κ2) is 9.16. The third kappa shape index (κ3) is 4.20. The van der Waals surface area contributed by atoms with Crippen LogP contribution < -0.4 is 11.0 Å². The first-order valence-electron chi connectivity index (χ1n) is 10.6. The Bertz CT molecular complexity index is 1610. The molecule has 0 saturated carbocycles. The Morgan fingerprint density at radius 1 is 1.15 bits per heavy atom. The van der Waals surface area contributed by atoms with E-state index in [0.29, 0.717) is 27.4 Å². The summed E-state index contributed by atoms with van der Waals surface area (Å²) in [7, 11) is 0. The van der Waals surface area contributed by atoms with Gasteiger partial charge in [0.05, 0.1) is 5.39 Å². The van der Waals surface area contributed by atoms with Gasteiger partial charge in [0, 0.05) is 29.5 Å². The van der Waals surface area contributed by atoms with E-state index in [1.807, 2.05) is 66.9 Å². The lowest BCUT2D eigenvalue weighted by atomic mass is 10.1. The number of hydrogen-bond acceptors (Lipinski definition) is 6. The van der Waals surface area contributed by atoms with Crippen LogP contribution in [-0.2, 0) is 11.3 Å². The average molecular weight is 489 g/mol. The largest absolute Gasteiger partial charge is 0.300 e. The summed E-state index contributed by atoms with van der Waals surface area (Å²) >= 11 is 6.76. The molecule has 8 nitrogen and oxygen atoms in total. The van der Waals surface area contributed by atoms with Gasteiger partial charge in [0.25, 0.3) is 5.56 Å². The number of H-pyrrole nitrogens is 1. The molecule has 2 N–H and O–H groups in total. The van der Waals surface area contributed by atoms with Gasteiger partial charge in [0.1, 0.15) is 11.2 Å². The molecule has 10 heteroatoms. The Morgan fingerprint density at radius 3 is 2.74 bits per heavy atom. The van der Waals surface area contributed by atoms with Crippen LogP contribution in [0.25, 0.3) is 32.7 Å². The zero-order valence-electron chi connectivity index (χ0n) is 18.2. The van der Waals surface area contributed by atoms with Crippen molar-refractivity contribution in [3.05, 3.63) is 87.0 Å². The van der Waals surface area contributed by atoms with Crippen molar-refractivity contribution in [1.82, 2.24) is 24.4 Å². The van der Waals surface area contributed by atoms with Crippen molar-refractivity contribution < 1.29 is 4.79 Å². The molecule has 0 aliphatic carbocycles. The molecule has 3 heterocycles. The second-order valence-corrected chi connectivity index (χ2v) is 9.02. The van der Waals surface area contributed by atoms with Crippen molar-refractivity contribution in [3.63, 3.8) is 0 Å². The summed E-state index contributed by atoms with van der Waals surface area (Å²) in [6, 6.07) is 17.5. The summed E-state index contributed by atoms with van der Waals surface area (Å²) < 4.78 is 3.34. The molecule has 0 atom stereocenters. The minimum absolute atomic E-state index is 0.103. The van der Waals surface area contributed by atoms with Gasteiger partial charge >= 0.3 is 0 Å². The average Bonchev–Trinajstić information content (AvgIpc) is 3.44. The third-order valence-electron chi connectivity index (χ3n) is 5.42. The molecular formula is C24H20N6O2S2. The number of thiophene rings is 1. The molecule has 3 aromatic heterocycles. The molecule has 0 saturated heterocycles. The van der Waals surface area contributed by atoms with Crippen LogP contribution >= 0.6 is 23.6 Å². The number of rotatable bonds is 6. The molecule has 0 radical (unpaired) electrons. The topological polar surface area (TPSA) is 97.6 Å². The lowest BCUT2D eigenvalue weighted by Crippen LogP contribution is -2.33. The fourth-order valence-corrected chi connectivity index (χ4v) is 4.91. The monoisotopic (exact) mass is 488 g/mol. The van der Waals surface area contributed by atoms with Gasteiger partial charge in [0.15, 0.2) is 10.6 Å². The van der Waals surface area contributed by atoms with Crippen LogP contribution in [0.15, 0.2) is 71.1 Å². The van der Waals surface area contributed by atoms with Crippen LogP contribution in [0.5, 0.6) is 0 Å². The number of carbonyl (C=O) groups is 1. The number of hydrogen-bond donors (Lipinski definition) is 2. The van der Waals surface area contributed by atoms with E-state index in [1.165, 1.54) is 17.7 Å². The summed E-state index contributed by atoms with van der Waals surface area (Å²) in [6.07, 6.45) is 1.45. The molecular weight excluding hydrogens is 468 g/mol. The maximum Gasteiger partial charge on any atom is 0.281 e. The Balaban J connectivity index is 1.37. The number of aryl methyl sites for hydroxylation is 1. The Kier molecular flexibility index (Phi) is 5.91. The number of nitrogens with one attached hydrogen (secondary N) is 2. The van der Waals surface area contributed by atoms with Crippen molar-refractivity contribution in [2.45, 2.75) is 19.9 Å². The van der Waals surface area contributed by atoms with Crippen LogP contribution in [0.4, 0.5) is 0 Å². The summed E-state index contributed by atoms with van der Waals surface area (Å²) in [6.45, 7) is 2.31. The molecule has 2 aromatic carbocycles. The van der Waals surface area contributed by atoms with Gasteiger partial charge in [-0.25, -0.2) is 9.66 Å². The molecule has 170 valence electrons. The standard InChI is InChI=1S/C24H20N6O2S2/c1-15-6-5-9-17(12-15)21-26-27-24(33)29(21)11-10-19(31)28-30-14-25-22-20(23(30)32)18(13-34-22)16-7-3-2-4-8-16/h2-9,12-14H,10-11H2,1H3,(H,27,33)(H,28,31). The van der Waals surface area contributed by atoms with Crippen molar-refractivity contribution in [1.29, 1.82) is 0 Å². The lowest BCUT2D eigenvalue weighted by molar-refractivity contribution is -0.117. The molecule has 0 fully saturated rings. The van der Waals surface area contributed by atoms with Crippen LogP contribution in [0.1, 0.15) is 12.0 Å². The minimum Gasteiger partial charge on any atom is -0.300 e. The zero-order valence-corrected chi connectivity index (χ0v) is 19.8. The summed E-state index contributed by atoms with van der Waals surface area (Å²) in [5, 5.41) is 9.51. The molecule has 1 amide bonds. The van der Waals surface area contributed by atoms with Crippen LogP contribution in [0.3, 0.4) is 0 Å². The maximum absolute atomic E-state index is 13.2. The first-order valence-corrected chi connectivity index (χ1v) is 11.9. The Morgan fingerprint density at radius 2 is 1.94 bits per heavy atom. The number of aromatic amines is 1. The number of benzene rings is 2. The highest BCUT2D eigenvalue weighted by atomic mass is 32.1. The highest BCUT2D eigenvalue weighted by Gasteiger charge is 2.15. The van der Waals surface area contributed by atoms with Gasteiger partial charge in [-0.15, -0.1) is 11.3 Å². The quantitative estimate of drug-likeness (QED) is 0.343. The normalized spacial score (nSPS) is 11.1. The fraction of sp³-hybridized carbons (Fsp3) is 0.125. The summed E-state index contributed by atoms with van der Waals surface area (Å²) in [5.41, 5.74) is 6.06. The lowest BCUT2D eigenvalue weighted by Gasteiger charge is -2.10. The van der Waals surface area contributed by atoms with E-state index < -0.39 is 0 Å². The second-order valence-electron chi connectivity index (χ2n) is 7.77. The third-order valence-corrected chi connectivity index (χ3v) is 6.62. The smallest absolute Gasteiger partial charge is 0.281 e. The van der Waals surface area contributed by atoms with Crippen LogP contribution in [0, 0.1) is 11.7 Å². The number of aromatic nitrogens is 5. The SMILES string of the molecule is Cc1cccc(-c2n[nH]c(=S)n2CCC(=O)Nn2cnc3scc(-c4ccccc4)c3c2=O)c1. The van der Waals surface area contributed by atoms with Gasteiger partial charge in [-0.05, 0) is 30.8 Å². The summed E-state index contributed by atoms with van der Waals surface area (Å²) in [5.74, 6) is 0.325. The van der Waals surface area contributed by atoms with Gasteiger partial charge in [-0.2, -0.15) is 5.10 Å². The molecule has 5 rings (SSSR count). The highest BCUT2D eigenvalue weighted by Crippen LogP contribution is 2.30. The Labute approximate surface area is 203 Å². The molecule has 0 aliphatic rings. The molecule has 5 aromatic rings. The number of fused-ring (bicyclic) bond motifs is 1. The number of carbonyl (C=O) groups excluding carboxylic acids is 1. The highest BCUT2D eigenvalue weighted by molar-refractivity contribution is 7.71. The number of nitrogens with zero attached hydrogens (tertiary/aromatic N) is 4. The van der Waals surface area contributed by atoms with Gasteiger partial charge in [-0.3, -0.25) is 24.7 Å². The van der Waals surface area contributed by atoms with E-state index in [2.05, 4.69) is 20.6 Å². The van der Waals surface area contributed by atoms with Gasteiger partial charge in [0.2, 0.25) is 5.91 Å². The van der Waals surface area contributed by atoms with Gasteiger partial charge in [-0.1, -0.05) is 54.1 Å². The molecule has 34 heavy (non-hydrogen) atoms. The van der Waals surface area contributed by atoms with Crippen LogP contribution in [-0.4, -0.2) is 30.3 Å². The predicted molar refractivity (Wildman–Crippen MR) is 136 cm³/mol. The molecule has 0 bridgehead atoms. The van der Waals surface area contributed by atoms with E-state index in [4.69, 9.17) is 12.2 Å². The van der Waals surface area contributed by atoms with Crippen molar-refractivity contribution in [3.8, 4) is 22.5 Å². The van der Waals surface area contributed by atoms with Crippen molar-refractivity contribution in [2.75, 3.05) is 5.43 Å². The van der Waals surface area contributed by atoms with E-state index >= 15 is 0 Å². The first kappa shape index (κ1) is 21.9. The minimum atomic E-state index is -0.335. The van der Waals surface area contributed by atoms with E-state index in [0.717, 1.165) is 26.9 Å². The summed E-state index contributed by atoms with van der Waals surface area (Å²) in [4.78, 5) is 30.9.